The zero-order valence-electron chi connectivity index (χ0n) is 16.9. The number of carbonyl (C=O) groups excluding carboxylic acids is 2. The van der Waals surface area contributed by atoms with E-state index in [-0.39, 0.29) is 24.5 Å². The third-order valence-corrected chi connectivity index (χ3v) is 5.91. The number of likely N-dealkylation sites (tertiary alicyclic amines) is 2. The molecular formula is C21H27F2N5O2. The van der Waals surface area contributed by atoms with Crippen LogP contribution in [0, 0.1) is 23.0 Å². The lowest BCUT2D eigenvalue weighted by Crippen LogP contribution is -2.52. The number of nitrogens with zero attached hydrogens (tertiary/aromatic N) is 3. The maximum atomic E-state index is 13.5. The minimum Gasteiger partial charge on any atom is -0.325 e. The smallest absolute Gasteiger partial charge is 0.241 e. The van der Waals surface area contributed by atoms with Crippen molar-refractivity contribution < 1.29 is 18.4 Å². The Labute approximate surface area is 174 Å². The molecule has 1 aromatic carbocycles. The van der Waals surface area contributed by atoms with Crippen LogP contribution < -0.4 is 11.1 Å². The molecule has 162 valence electrons. The zero-order valence-corrected chi connectivity index (χ0v) is 16.9. The van der Waals surface area contributed by atoms with E-state index < -0.39 is 29.8 Å². The number of benzene rings is 1. The highest BCUT2D eigenvalue weighted by molar-refractivity contribution is 5.83. The molecule has 1 amide bonds. The lowest BCUT2D eigenvalue weighted by molar-refractivity contribution is -0.133. The molecule has 3 N–H and O–H groups in total. The summed E-state index contributed by atoms with van der Waals surface area (Å²) in [4.78, 5) is 27.6. The van der Waals surface area contributed by atoms with Crippen LogP contribution in [-0.4, -0.2) is 65.8 Å². The summed E-state index contributed by atoms with van der Waals surface area (Å²) in [6.07, 6.45) is 2.78. The van der Waals surface area contributed by atoms with Gasteiger partial charge in [-0.05, 0) is 43.9 Å². The van der Waals surface area contributed by atoms with Gasteiger partial charge in [0.05, 0.1) is 18.2 Å². The molecule has 0 spiro atoms. The van der Waals surface area contributed by atoms with Crippen LogP contribution >= 0.6 is 0 Å². The van der Waals surface area contributed by atoms with Gasteiger partial charge in [-0.15, -0.1) is 0 Å². The number of halogens is 2. The summed E-state index contributed by atoms with van der Waals surface area (Å²) in [6.45, 7) is 3.01. The second-order valence-corrected chi connectivity index (χ2v) is 8.11. The SMILES string of the molecule is CC(NC1CC(C=O)N(CC(N)C(=O)N2CCCC2C#N)C1)c1cc(F)cc(F)c1. The number of nitriles is 1. The molecule has 2 aliphatic heterocycles. The average molecular weight is 419 g/mol. The Hall–Kier alpha value is -2.41. The van der Waals surface area contributed by atoms with Crippen molar-refractivity contribution >= 4 is 12.2 Å². The molecule has 0 aromatic heterocycles. The first-order valence-electron chi connectivity index (χ1n) is 10.2. The van der Waals surface area contributed by atoms with E-state index in [2.05, 4.69) is 11.4 Å². The summed E-state index contributed by atoms with van der Waals surface area (Å²) in [5.41, 5.74) is 6.60. The number of hydrogen-bond donors (Lipinski definition) is 2. The van der Waals surface area contributed by atoms with Crippen molar-refractivity contribution in [2.75, 3.05) is 19.6 Å². The first-order valence-corrected chi connectivity index (χ1v) is 10.2. The Kier molecular flexibility index (Phi) is 7.13. The van der Waals surface area contributed by atoms with Gasteiger partial charge in [-0.3, -0.25) is 9.69 Å². The van der Waals surface area contributed by atoms with Gasteiger partial charge < -0.3 is 20.7 Å². The molecule has 2 aliphatic rings. The van der Waals surface area contributed by atoms with E-state index >= 15 is 0 Å². The molecule has 2 heterocycles. The Morgan fingerprint density at radius 3 is 2.73 bits per heavy atom. The first-order chi connectivity index (χ1) is 14.3. The number of carbonyl (C=O) groups is 2. The van der Waals surface area contributed by atoms with E-state index in [1.807, 2.05) is 4.90 Å². The highest BCUT2D eigenvalue weighted by Gasteiger charge is 2.37. The molecule has 0 aliphatic carbocycles. The van der Waals surface area contributed by atoms with E-state index in [9.17, 15) is 23.6 Å². The number of nitrogens with one attached hydrogen (secondary N) is 1. The minimum atomic E-state index is -0.824. The van der Waals surface area contributed by atoms with Gasteiger partial charge in [-0.25, -0.2) is 8.78 Å². The van der Waals surface area contributed by atoms with Gasteiger partial charge in [0.1, 0.15) is 24.0 Å². The molecule has 9 heteroatoms. The third kappa shape index (κ3) is 5.01. The van der Waals surface area contributed by atoms with Gasteiger partial charge in [0, 0.05) is 37.8 Å². The van der Waals surface area contributed by atoms with Crippen molar-refractivity contribution in [3.63, 3.8) is 0 Å². The minimum absolute atomic E-state index is 0.0949. The van der Waals surface area contributed by atoms with Gasteiger partial charge in [-0.1, -0.05) is 0 Å². The molecule has 5 atom stereocenters. The molecule has 7 nitrogen and oxygen atoms in total. The second kappa shape index (κ2) is 9.60. The molecule has 5 unspecified atom stereocenters. The summed E-state index contributed by atoms with van der Waals surface area (Å²) in [6, 6.07) is 3.44. The predicted octanol–water partition coefficient (Wildman–Crippen LogP) is 1.10. The van der Waals surface area contributed by atoms with Crippen molar-refractivity contribution in [2.24, 2.45) is 5.73 Å². The normalized spacial score (nSPS) is 26.4. The van der Waals surface area contributed by atoms with E-state index in [1.54, 1.807) is 6.92 Å². The van der Waals surface area contributed by atoms with E-state index in [0.29, 0.717) is 31.5 Å². The van der Waals surface area contributed by atoms with Crippen molar-refractivity contribution in [3.8, 4) is 6.07 Å². The molecule has 2 fully saturated rings. The Bertz CT molecular complexity index is 810. The molecule has 30 heavy (non-hydrogen) atoms. The standard InChI is InChI=1S/C21H27F2N5O2/c1-13(14-5-15(22)7-16(23)6-14)26-17-8-19(12-29)27(10-17)11-20(25)21(30)28-4-2-3-18(28)9-24/h5-7,12-13,17-20,26H,2-4,8,10-11,25H2,1H3. The van der Waals surface area contributed by atoms with Crippen LogP contribution in [0.3, 0.4) is 0 Å². The Morgan fingerprint density at radius 2 is 2.10 bits per heavy atom. The molecule has 2 saturated heterocycles. The quantitative estimate of drug-likeness (QED) is 0.642. The molecular weight excluding hydrogens is 392 g/mol. The van der Waals surface area contributed by atoms with Crippen LogP contribution in [-0.2, 0) is 9.59 Å². The van der Waals surface area contributed by atoms with Gasteiger partial charge in [0.25, 0.3) is 0 Å². The fourth-order valence-corrected chi connectivity index (χ4v) is 4.39. The summed E-state index contributed by atoms with van der Waals surface area (Å²) >= 11 is 0. The average Bonchev–Trinajstić information content (AvgIpc) is 3.32. The first kappa shape index (κ1) is 22.3. The summed E-state index contributed by atoms with van der Waals surface area (Å²) in [5, 5.41) is 12.5. The number of amides is 1. The number of nitrogens with two attached hydrogens (primary N) is 1. The van der Waals surface area contributed by atoms with Crippen molar-refractivity contribution in [1.29, 1.82) is 5.26 Å². The van der Waals surface area contributed by atoms with Crippen LogP contribution in [0.2, 0.25) is 0 Å². The molecule has 0 saturated carbocycles. The Balaban J connectivity index is 1.59. The lowest BCUT2D eigenvalue weighted by Gasteiger charge is -2.28. The highest BCUT2D eigenvalue weighted by atomic mass is 19.1. The van der Waals surface area contributed by atoms with E-state index in [0.717, 1.165) is 18.8 Å². The van der Waals surface area contributed by atoms with Crippen LogP contribution in [0.4, 0.5) is 8.78 Å². The van der Waals surface area contributed by atoms with Gasteiger partial charge in [0.2, 0.25) is 5.91 Å². The van der Waals surface area contributed by atoms with Crippen LogP contribution in [0.25, 0.3) is 0 Å². The van der Waals surface area contributed by atoms with Gasteiger partial charge >= 0.3 is 0 Å². The lowest BCUT2D eigenvalue weighted by atomic mass is 10.1. The molecule has 0 bridgehead atoms. The maximum absolute atomic E-state index is 13.5. The van der Waals surface area contributed by atoms with Gasteiger partial charge in [0.15, 0.2) is 0 Å². The largest absolute Gasteiger partial charge is 0.325 e. The fraction of sp³-hybridized carbons (Fsp3) is 0.571. The monoisotopic (exact) mass is 419 g/mol. The zero-order chi connectivity index (χ0) is 21.8. The van der Waals surface area contributed by atoms with Crippen LogP contribution in [0.15, 0.2) is 18.2 Å². The fourth-order valence-electron chi connectivity index (χ4n) is 4.39. The van der Waals surface area contributed by atoms with Crippen LogP contribution in [0.5, 0.6) is 0 Å². The topological polar surface area (TPSA) is 102 Å². The number of aldehydes is 1. The summed E-state index contributed by atoms with van der Waals surface area (Å²) in [7, 11) is 0. The maximum Gasteiger partial charge on any atom is 0.241 e. The third-order valence-electron chi connectivity index (χ3n) is 5.91. The number of hydrogen-bond acceptors (Lipinski definition) is 6. The summed E-state index contributed by atoms with van der Waals surface area (Å²) < 4.78 is 27.0. The Morgan fingerprint density at radius 1 is 1.40 bits per heavy atom. The molecule has 3 rings (SSSR count). The van der Waals surface area contributed by atoms with Crippen molar-refractivity contribution in [2.45, 2.75) is 56.4 Å². The van der Waals surface area contributed by atoms with Crippen molar-refractivity contribution in [3.05, 3.63) is 35.4 Å². The predicted molar refractivity (Wildman–Crippen MR) is 106 cm³/mol. The van der Waals surface area contributed by atoms with Crippen molar-refractivity contribution in [1.82, 2.24) is 15.1 Å². The summed E-state index contributed by atoms with van der Waals surface area (Å²) in [5.74, 6) is -1.55. The second-order valence-electron chi connectivity index (χ2n) is 8.11. The van der Waals surface area contributed by atoms with E-state index in [4.69, 9.17) is 5.73 Å². The molecule has 1 aromatic rings. The van der Waals surface area contributed by atoms with E-state index in [1.165, 1.54) is 17.0 Å². The molecule has 0 radical (unpaired) electrons. The van der Waals surface area contributed by atoms with Crippen LogP contribution in [0.1, 0.15) is 37.8 Å². The number of rotatable bonds is 7. The highest BCUT2D eigenvalue weighted by Crippen LogP contribution is 2.23. The van der Waals surface area contributed by atoms with Gasteiger partial charge in [-0.2, -0.15) is 5.26 Å².